The summed E-state index contributed by atoms with van der Waals surface area (Å²) in [6.45, 7) is 7.85. The van der Waals surface area contributed by atoms with Gasteiger partial charge in [0, 0.05) is 30.1 Å². The number of ether oxygens (including phenoxy) is 1. The van der Waals surface area contributed by atoms with Crippen LogP contribution in [0.2, 0.25) is 5.02 Å². The number of methoxy groups -OCH3 is 1. The van der Waals surface area contributed by atoms with Crippen LogP contribution in [0.1, 0.15) is 52.5 Å². The molecule has 0 fully saturated rings. The minimum atomic E-state index is -3.59. The molecule has 0 radical (unpaired) electrons. The lowest BCUT2D eigenvalue weighted by Gasteiger charge is -2.33. The van der Waals surface area contributed by atoms with E-state index in [1.807, 2.05) is 52.0 Å². The topological polar surface area (TPSA) is 96.0 Å². The zero-order valence-electron chi connectivity index (χ0n) is 22.5. The number of halogens is 1. The van der Waals surface area contributed by atoms with E-state index in [1.54, 1.807) is 36.3 Å². The predicted octanol–water partition coefficient (Wildman–Crippen LogP) is 4.62. The van der Waals surface area contributed by atoms with Gasteiger partial charge in [-0.1, -0.05) is 36.7 Å². The first-order valence-corrected chi connectivity index (χ1v) is 14.5. The molecule has 0 spiro atoms. The standard InChI is InChI=1S/C27H38ClN3O5S/c1-7-24(26(33)29-27(2,3)4)30(19-20-11-8-14-23(17-20)36-5)25(32)15-10-16-31(37(6,34)35)22-13-9-12-21(28)18-22/h8-9,11-14,17-18,24H,7,10,15-16,19H2,1-6H3,(H,29,33)/t24-/m1/s1. The van der Waals surface area contributed by atoms with Crippen molar-refractivity contribution >= 4 is 39.1 Å². The number of carbonyl (C=O) groups excluding carboxylic acids is 2. The van der Waals surface area contributed by atoms with E-state index in [1.165, 1.54) is 4.31 Å². The van der Waals surface area contributed by atoms with Crippen LogP contribution in [0.15, 0.2) is 48.5 Å². The molecule has 1 atom stereocenters. The Balaban J connectivity index is 2.26. The van der Waals surface area contributed by atoms with Gasteiger partial charge in [0.05, 0.1) is 19.1 Å². The number of sulfonamides is 1. The molecule has 2 amide bonds. The van der Waals surface area contributed by atoms with Crippen molar-refractivity contribution in [3.63, 3.8) is 0 Å². The highest BCUT2D eigenvalue weighted by molar-refractivity contribution is 7.92. The molecule has 37 heavy (non-hydrogen) atoms. The Morgan fingerprint density at radius 3 is 2.35 bits per heavy atom. The van der Waals surface area contributed by atoms with Crippen LogP contribution in [-0.4, -0.2) is 56.6 Å². The average Bonchev–Trinajstić information content (AvgIpc) is 2.79. The second kappa shape index (κ2) is 13.1. The summed E-state index contributed by atoms with van der Waals surface area (Å²) in [6, 6.07) is 13.3. The monoisotopic (exact) mass is 551 g/mol. The third-order valence-corrected chi connectivity index (χ3v) is 7.05. The van der Waals surface area contributed by atoms with Crippen LogP contribution < -0.4 is 14.4 Å². The number of rotatable bonds is 12. The lowest BCUT2D eigenvalue weighted by atomic mass is 10.0. The molecule has 2 aromatic rings. The lowest BCUT2D eigenvalue weighted by Crippen LogP contribution is -2.53. The summed E-state index contributed by atoms with van der Waals surface area (Å²) >= 11 is 6.06. The predicted molar refractivity (Wildman–Crippen MR) is 148 cm³/mol. The number of benzene rings is 2. The summed E-state index contributed by atoms with van der Waals surface area (Å²) in [7, 11) is -2.02. The molecule has 204 valence electrons. The minimum Gasteiger partial charge on any atom is -0.497 e. The fraction of sp³-hybridized carbons (Fsp3) is 0.481. The van der Waals surface area contributed by atoms with E-state index >= 15 is 0 Å². The Hall–Kier alpha value is -2.78. The highest BCUT2D eigenvalue weighted by atomic mass is 35.5. The van der Waals surface area contributed by atoms with Gasteiger partial charge < -0.3 is 15.0 Å². The summed E-state index contributed by atoms with van der Waals surface area (Å²) in [5.41, 5.74) is 0.806. The van der Waals surface area contributed by atoms with Gasteiger partial charge in [0.1, 0.15) is 11.8 Å². The van der Waals surface area contributed by atoms with Gasteiger partial charge >= 0.3 is 0 Å². The molecule has 0 aliphatic heterocycles. The molecule has 0 saturated heterocycles. The average molecular weight is 552 g/mol. The SMILES string of the molecule is CC[C@H](C(=O)NC(C)(C)C)N(Cc1cccc(OC)c1)C(=O)CCCN(c1cccc(Cl)c1)S(C)(=O)=O. The van der Waals surface area contributed by atoms with Crippen LogP contribution >= 0.6 is 11.6 Å². The van der Waals surface area contributed by atoms with Crippen molar-refractivity contribution in [1.82, 2.24) is 10.2 Å². The molecule has 0 bridgehead atoms. The van der Waals surface area contributed by atoms with Crippen LogP contribution in [0.4, 0.5) is 5.69 Å². The zero-order valence-corrected chi connectivity index (χ0v) is 24.0. The molecular formula is C27H38ClN3O5S. The number of carbonyl (C=O) groups is 2. The Morgan fingerprint density at radius 1 is 1.11 bits per heavy atom. The fourth-order valence-corrected chi connectivity index (χ4v) is 5.12. The number of nitrogens with one attached hydrogen (secondary N) is 1. The summed E-state index contributed by atoms with van der Waals surface area (Å²) in [6.07, 6.45) is 1.88. The second-order valence-electron chi connectivity index (χ2n) is 9.96. The van der Waals surface area contributed by atoms with Gasteiger partial charge in [-0.15, -0.1) is 0 Å². The van der Waals surface area contributed by atoms with Gasteiger partial charge in [-0.2, -0.15) is 0 Å². The molecule has 8 nitrogen and oxygen atoms in total. The minimum absolute atomic E-state index is 0.0653. The molecule has 0 unspecified atom stereocenters. The number of hydrogen-bond donors (Lipinski definition) is 1. The summed E-state index contributed by atoms with van der Waals surface area (Å²) < 4.78 is 31.5. The number of anilines is 1. The molecule has 10 heteroatoms. The largest absolute Gasteiger partial charge is 0.497 e. The molecule has 2 aromatic carbocycles. The highest BCUT2D eigenvalue weighted by Crippen LogP contribution is 2.23. The van der Waals surface area contributed by atoms with E-state index in [0.717, 1.165) is 11.8 Å². The maximum Gasteiger partial charge on any atom is 0.243 e. The lowest BCUT2D eigenvalue weighted by molar-refractivity contribution is -0.142. The first-order valence-electron chi connectivity index (χ1n) is 12.2. The second-order valence-corrected chi connectivity index (χ2v) is 12.3. The van der Waals surface area contributed by atoms with Crippen LogP contribution in [0.3, 0.4) is 0 Å². The van der Waals surface area contributed by atoms with E-state index < -0.39 is 21.6 Å². The van der Waals surface area contributed by atoms with Crippen LogP contribution in [-0.2, 0) is 26.2 Å². The molecule has 0 aliphatic carbocycles. The summed E-state index contributed by atoms with van der Waals surface area (Å²) in [4.78, 5) is 28.2. The maximum absolute atomic E-state index is 13.5. The first-order chi connectivity index (χ1) is 17.2. The van der Waals surface area contributed by atoms with Crippen molar-refractivity contribution in [2.24, 2.45) is 0 Å². The van der Waals surface area contributed by atoms with Gasteiger partial charge in [-0.05, 0) is 69.5 Å². The van der Waals surface area contributed by atoms with Gasteiger partial charge in [-0.25, -0.2) is 8.42 Å². The maximum atomic E-state index is 13.5. The fourth-order valence-electron chi connectivity index (χ4n) is 3.98. The summed E-state index contributed by atoms with van der Waals surface area (Å²) in [5, 5.41) is 3.40. The smallest absolute Gasteiger partial charge is 0.243 e. The number of nitrogens with zero attached hydrogens (tertiary/aromatic N) is 2. The van der Waals surface area contributed by atoms with Crippen LogP contribution in [0.5, 0.6) is 5.75 Å². The van der Waals surface area contributed by atoms with E-state index in [9.17, 15) is 18.0 Å². The highest BCUT2D eigenvalue weighted by Gasteiger charge is 2.30. The van der Waals surface area contributed by atoms with Gasteiger partial charge in [-0.3, -0.25) is 13.9 Å². The number of hydrogen-bond acceptors (Lipinski definition) is 5. The van der Waals surface area contributed by atoms with E-state index in [0.29, 0.717) is 22.9 Å². The summed E-state index contributed by atoms with van der Waals surface area (Å²) in [5.74, 6) is 0.184. The van der Waals surface area contributed by atoms with Gasteiger partial charge in [0.2, 0.25) is 21.8 Å². The van der Waals surface area contributed by atoms with E-state index in [-0.39, 0.29) is 37.7 Å². The molecule has 0 aromatic heterocycles. The van der Waals surface area contributed by atoms with Crippen LogP contribution in [0.25, 0.3) is 0 Å². The molecule has 1 N–H and O–H groups in total. The van der Waals surface area contributed by atoms with E-state index in [4.69, 9.17) is 16.3 Å². The zero-order chi connectivity index (χ0) is 27.8. The molecule has 0 heterocycles. The van der Waals surface area contributed by atoms with Crippen molar-refractivity contribution in [3.8, 4) is 5.75 Å². The Kier molecular flexibility index (Phi) is 10.8. The van der Waals surface area contributed by atoms with Crippen molar-refractivity contribution in [2.75, 3.05) is 24.2 Å². The van der Waals surface area contributed by atoms with Crippen LogP contribution in [0, 0.1) is 0 Å². The number of amides is 2. The van der Waals surface area contributed by atoms with Gasteiger partial charge in [0.25, 0.3) is 0 Å². The third-order valence-electron chi connectivity index (χ3n) is 5.62. The third kappa shape index (κ3) is 9.55. The van der Waals surface area contributed by atoms with Gasteiger partial charge in [0.15, 0.2) is 0 Å². The van der Waals surface area contributed by atoms with Crippen molar-refractivity contribution in [2.45, 2.75) is 65.1 Å². The molecular weight excluding hydrogens is 514 g/mol. The molecule has 0 saturated carbocycles. The first kappa shape index (κ1) is 30.4. The Bertz CT molecular complexity index is 1180. The van der Waals surface area contributed by atoms with Crippen molar-refractivity contribution in [3.05, 3.63) is 59.1 Å². The molecule has 0 aliphatic rings. The molecule has 2 rings (SSSR count). The van der Waals surface area contributed by atoms with E-state index in [2.05, 4.69) is 5.32 Å². The normalized spacial score (nSPS) is 12.5. The van der Waals surface area contributed by atoms with Crippen molar-refractivity contribution < 1.29 is 22.7 Å². The Labute approximate surface area is 226 Å². The van der Waals surface area contributed by atoms with Crippen molar-refractivity contribution in [1.29, 1.82) is 0 Å². The Morgan fingerprint density at radius 2 is 1.78 bits per heavy atom. The quantitative estimate of drug-likeness (QED) is 0.415.